The number of amides is 1. The van der Waals surface area contributed by atoms with Crippen LogP contribution in [0.2, 0.25) is 0 Å². The van der Waals surface area contributed by atoms with Crippen LogP contribution in [0.1, 0.15) is 25.3 Å². The molecule has 1 rings (SSSR count). The van der Waals surface area contributed by atoms with Gasteiger partial charge in [-0.15, -0.1) is 0 Å². The minimum absolute atomic E-state index is 0.0379. The van der Waals surface area contributed by atoms with Crippen molar-refractivity contribution in [3.05, 3.63) is 29.8 Å². The van der Waals surface area contributed by atoms with Crippen molar-refractivity contribution in [2.75, 3.05) is 0 Å². The minimum Gasteiger partial charge on any atom is -0.508 e. The summed E-state index contributed by atoms with van der Waals surface area (Å²) in [4.78, 5) is 11.4. The number of nitrogens with one attached hydrogen (secondary N) is 1. The Hall–Kier alpha value is -1.55. The Morgan fingerprint density at radius 1 is 1.50 bits per heavy atom. The molecule has 4 N–H and O–H groups in total. The third kappa shape index (κ3) is 4.31. The van der Waals surface area contributed by atoms with Crippen molar-refractivity contribution in [2.24, 2.45) is 5.73 Å². The molecule has 0 aliphatic heterocycles. The van der Waals surface area contributed by atoms with E-state index in [1.165, 1.54) is 0 Å². The van der Waals surface area contributed by atoms with E-state index in [4.69, 9.17) is 5.73 Å². The van der Waals surface area contributed by atoms with Crippen LogP contribution in [0.25, 0.3) is 0 Å². The van der Waals surface area contributed by atoms with Gasteiger partial charge in [-0.2, -0.15) is 0 Å². The molecule has 0 spiro atoms. The topological polar surface area (TPSA) is 75.4 Å². The summed E-state index contributed by atoms with van der Waals surface area (Å²) in [6, 6.07) is 6.99. The highest BCUT2D eigenvalue weighted by Crippen LogP contribution is 2.14. The maximum atomic E-state index is 11.4. The van der Waals surface area contributed by atoms with Crippen LogP contribution in [-0.2, 0) is 11.3 Å². The zero-order chi connectivity index (χ0) is 12.0. The summed E-state index contributed by atoms with van der Waals surface area (Å²) in [6.07, 6.45) is 1.10. The molecule has 88 valence electrons. The first-order valence-electron chi connectivity index (χ1n) is 5.38. The molecule has 0 heterocycles. The zero-order valence-corrected chi connectivity index (χ0v) is 9.44. The van der Waals surface area contributed by atoms with E-state index >= 15 is 0 Å². The molecule has 1 atom stereocenters. The summed E-state index contributed by atoms with van der Waals surface area (Å²) in [5, 5.41) is 12.2. The predicted molar refractivity (Wildman–Crippen MR) is 62.8 cm³/mol. The molecule has 0 fully saturated rings. The van der Waals surface area contributed by atoms with Crippen LogP contribution >= 0.6 is 0 Å². The van der Waals surface area contributed by atoms with Gasteiger partial charge in [0.1, 0.15) is 5.75 Å². The summed E-state index contributed by atoms with van der Waals surface area (Å²) >= 11 is 0. The number of para-hydroxylation sites is 1. The Morgan fingerprint density at radius 3 is 2.81 bits per heavy atom. The Balaban J connectivity index is 2.35. The maximum absolute atomic E-state index is 11.4. The first-order chi connectivity index (χ1) is 7.59. The van der Waals surface area contributed by atoms with E-state index in [9.17, 15) is 9.90 Å². The average Bonchev–Trinajstić information content (AvgIpc) is 2.25. The fraction of sp³-hybridized carbons (Fsp3) is 0.417. The SMILES string of the molecule is CC(N)CCC(=O)NCc1ccccc1O. The Kier molecular flexibility index (Phi) is 4.79. The van der Waals surface area contributed by atoms with Crippen LogP contribution in [0.4, 0.5) is 0 Å². The molecule has 0 aliphatic carbocycles. The van der Waals surface area contributed by atoms with E-state index in [0.29, 0.717) is 19.4 Å². The summed E-state index contributed by atoms with van der Waals surface area (Å²) in [5.41, 5.74) is 6.27. The van der Waals surface area contributed by atoms with Crippen LogP contribution in [-0.4, -0.2) is 17.1 Å². The lowest BCUT2D eigenvalue weighted by Crippen LogP contribution is -2.25. The summed E-state index contributed by atoms with van der Waals surface area (Å²) in [7, 11) is 0. The molecular formula is C12H18N2O2. The molecule has 0 saturated carbocycles. The first-order valence-corrected chi connectivity index (χ1v) is 5.38. The standard InChI is InChI=1S/C12H18N2O2/c1-9(13)6-7-12(16)14-8-10-4-2-3-5-11(10)15/h2-5,9,15H,6-8,13H2,1H3,(H,14,16). The number of carbonyl (C=O) groups is 1. The second-order valence-corrected chi connectivity index (χ2v) is 3.92. The lowest BCUT2D eigenvalue weighted by molar-refractivity contribution is -0.121. The normalized spacial score (nSPS) is 12.1. The van der Waals surface area contributed by atoms with Gasteiger partial charge in [0.15, 0.2) is 0 Å². The van der Waals surface area contributed by atoms with Crippen molar-refractivity contribution in [1.29, 1.82) is 0 Å². The predicted octanol–water partition coefficient (Wildman–Crippen LogP) is 1.14. The smallest absolute Gasteiger partial charge is 0.220 e. The molecule has 0 saturated heterocycles. The van der Waals surface area contributed by atoms with E-state index in [2.05, 4.69) is 5.32 Å². The van der Waals surface area contributed by atoms with Crippen molar-refractivity contribution < 1.29 is 9.90 Å². The van der Waals surface area contributed by atoms with Crippen LogP contribution in [0.15, 0.2) is 24.3 Å². The fourth-order valence-electron chi connectivity index (χ4n) is 1.30. The third-order valence-electron chi connectivity index (χ3n) is 2.29. The fourth-order valence-corrected chi connectivity index (χ4v) is 1.30. The molecule has 1 aromatic carbocycles. The molecule has 4 heteroatoms. The van der Waals surface area contributed by atoms with Gasteiger partial charge in [-0.3, -0.25) is 4.79 Å². The zero-order valence-electron chi connectivity index (χ0n) is 9.44. The van der Waals surface area contributed by atoms with Gasteiger partial charge in [0, 0.05) is 24.6 Å². The first kappa shape index (κ1) is 12.5. The minimum atomic E-state index is -0.0412. The van der Waals surface area contributed by atoms with E-state index in [1.54, 1.807) is 18.2 Å². The van der Waals surface area contributed by atoms with Gasteiger partial charge in [0.2, 0.25) is 5.91 Å². The van der Waals surface area contributed by atoms with E-state index in [-0.39, 0.29) is 17.7 Å². The molecule has 1 amide bonds. The number of rotatable bonds is 5. The molecular weight excluding hydrogens is 204 g/mol. The highest BCUT2D eigenvalue weighted by Gasteiger charge is 2.04. The second-order valence-electron chi connectivity index (χ2n) is 3.92. The lowest BCUT2D eigenvalue weighted by atomic mass is 10.1. The van der Waals surface area contributed by atoms with Crippen molar-refractivity contribution in [1.82, 2.24) is 5.32 Å². The van der Waals surface area contributed by atoms with Crippen molar-refractivity contribution >= 4 is 5.91 Å². The molecule has 16 heavy (non-hydrogen) atoms. The molecule has 1 unspecified atom stereocenters. The van der Waals surface area contributed by atoms with Crippen molar-refractivity contribution in [2.45, 2.75) is 32.4 Å². The Morgan fingerprint density at radius 2 is 2.19 bits per heavy atom. The lowest BCUT2D eigenvalue weighted by Gasteiger charge is -2.08. The third-order valence-corrected chi connectivity index (χ3v) is 2.29. The van der Waals surface area contributed by atoms with Gasteiger partial charge >= 0.3 is 0 Å². The number of phenolic OH excluding ortho intramolecular Hbond substituents is 1. The van der Waals surface area contributed by atoms with Crippen LogP contribution in [0, 0.1) is 0 Å². The van der Waals surface area contributed by atoms with Gasteiger partial charge in [-0.1, -0.05) is 18.2 Å². The van der Waals surface area contributed by atoms with E-state index in [1.807, 2.05) is 13.0 Å². The van der Waals surface area contributed by atoms with E-state index in [0.717, 1.165) is 5.56 Å². The largest absolute Gasteiger partial charge is 0.508 e. The van der Waals surface area contributed by atoms with Gasteiger partial charge in [-0.05, 0) is 19.4 Å². The Bertz CT molecular complexity index is 351. The molecule has 0 aliphatic rings. The van der Waals surface area contributed by atoms with Crippen LogP contribution in [0.5, 0.6) is 5.75 Å². The van der Waals surface area contributed by atoms with Crippen LogP contribution < -0.4 is 11.1 Å². The number of carbonyl (C=O) groups excluding carboxylic acids is 1. The van der Waals surface area contributed by atoms with Gasteiger partial charge in [0.25, 0.3) is 0 Å². The van der Waals surface area contributed by atoms with Crippen molar-refractivity contribution in [3.8, 4) is 5.75 Å². The van der Waals surface area contributed by atoms with Crippen molar-refractivity contribution in [3.63, 3.8) is 0 Å². The Labute approximate surface area is 95.5 Å². The van der Waals surface area contributed by atoms with Crippen LogP contribution in [0.3, 0.4) is 0 Å². The second kappa shape index (κ2) is 6.12. The summed E-state index contributed by atoms with van der Waals surface area (Å²) in [5.74, 6) is 0.163. The number of phenols is 1. The average molecular weight is 222 g/mol. The maximum Gasteiger partial charge on any atom is 0.220 e. The monoisotopic (exact) mass is 222 g/mol. The highest BCUT2D eigenvalue weighted by atomic mass is 16.3. The van der Waals surface area contributed by atoms with E-state index < -0.39 is 0 Å². The molecule has 1 aromatic rings. The number of aromatic hydroxyl groups is 1. The quantitative estimate of drug-likeness (QED) is 0.699. The highest BCUT2D eigenvalue weighted by molar-refractivity contribution is 5.75. The number of nitrogens with two attached hydrogens (primary N) is 1. The number of benzene rings is 1. The summed E-state index contributed by atoms with van der Waals surface area (Å²) in [6.45, 7) is 2.22. The molecule has 0 bridgehead atoms. The number of hydrogen-bond acceptors (Lipinski definition) is 3. The summed E-state index contributed by atoms with van der Waals surface area (Å²) < 4.78 is 0. The molecule has 4 nitrogen and oxygen atoms in total. The van der Waals surface area contributed by atoms with Gasteiger partial charge in [-0.25, -0.2) is 0 Å². The number of hydrogen-bond donors (Lipinski definition) is 3. The molecule has 0 aromatic heterocycles. The van der Waals surface area contributed by atoms with Gasteiger partial charge < -0.3 is 16.2 Å². The van der Waals surface area contributed by atoms with Gasteiger partial charge in [0.05, 0.1) is 0 Å². The molecule has 0 radical (unpaired) electrons.